The molecule has 0 spiro atoms. The fraction of sp³-hybridized carbons (Fsp3) is 0.867. The minimum Gasteiger partial charge on any atom is -0.481 e. The second-order valence-electron chi connectivity index (χ2n) is 6.35. The summed E-state index contributed by atoms with van der Waals surface area (Å²) in [5, 5.41) is 11.7. The van der Waals surface area contributed by atoms with Crippen molar-refractivity contribution < 1.29 is 19.4 Å². The Hall–Kier alpha value is -1.10. The van der Waals surface area contributed by atoms with Gasteiger partial charge in [-0.15, -0.1) is 0 Å². The molecule has 0 aromatic rings. The first-order valence-electron chi connectivity index (χ1n) is 7.27. The molecule has 0 aromatic heterocycles. The van der Waals surface area contributed by atoms with E-state index in [0.29, 0.717) is 31.9 Å². The topological polar surface area (TPSA) is 75.6 Å². The van der Waals surface area contributed by atoms with Crippen LogP contribution in [0.3, 0.4) is 0 Å². The summed E-state index contributed by atoms with van der Waals surface area (Å²) < 4.78 is 5.55. The largest absolute Gasteiger partial charge is 0.481 e. The van der Waals surface area contributed by atoms with Crippen LogP contribution in [0.5, 0.6) is 0 Å². The SMILES string of the molecule is CC(C)CC(C)OCCC(=O)NCCC(C)(C)C(=O)O. The van der Waals surface area contributed by atoms with Crippen molar-refractivity contribution in [3.8, 4) is 0 Å². The summed E-state index contributed by atoms with van der Waals surface area (Å²) in [4.78, 5) is 22.5. The van der Waals surface area contributed by atoms with Crippen molar-refractivity contribution in [3.63, 3.8) is 0 Å². The normalized spacial score (nSPS) is 13.3. The van der Waals surface area contributed by atoms with Gasteiger partial charge in [0.15, 0.2) is 0 Å². The minimum absolute atomic E-state index is 0.0945. The molecule has 0 aliphatic carbocycles. The van der Waals surface area contributed by atoms with Gasteiger partial charge in [0.2, 0.25) is 5.91 Å². The molecule has 1 amide bonds. The molecule has 0 aliphatic heterocycles. The van der Waals surface area contributed by atoms with Gasteiger partial charge in [0.25, 0.3) is 0 Å². The smallest absolute Gasteiger partial charge is 0.309 e. The van der Waals surface area contributed by atoms with Crippen LogP contribution < -0.4 is 5.32 Å². The second kappa shape index (κ2) is 8.95. The summed E-state index contributed by atoms with van der Waals surface area (Å²) in [5.41, 5.74) is -0.810. The van der Waals surface area contributed by atoms with Crippen LogP contribution in [0.15, 0.2) is 0 Å². The summed E-state index contributed by atoms with van der Waals surface area (Å²) in [6, 6.07) is 0. The maximum Gasteiger partial charge on any atom is 0.309 e. The van der Waals surface area contributed by atoms with Crippen LogP contribution in [0.4, 0.5) is 0 Å². The molecule has 0 fully saturated rings. The van der Waals surface area contributed by atoms with E-state index in [-0.39, 0.29) is 12.0 Å². The van der Waals surface area contributed by atoms with E-state index in [1.165, 1.54) is 0 Å². The molecule has 2 N–H and O–H groups in total. The number of ether oxygens (including phenoxy) is 1. The lowest BCUT2D eigenvalue weighted by Gasteiger charge is -2.19. The van der Waals surface area contributed by atoms with Crippen LogP contribution in [0.25, 0.3) is 0 Å². The third kappa shape index (κ3) is 8.91. The second-order valence-corrected chi connectivity index (χ2v) is 6.35. The molecule has 5 heteroatoms. The average molecular weight is 287 g/mol. The van der Waals surface area contributed by atoms with Crippen molar-refractivity contribution in [2.24, 2.45) is 11.3 Å². The van der Waals surface area contributed by atoms with Crippen molar-refractivity contribution in [2.75, 3.05) is 13.2 Å². The molecule has 1 atom stereocenters. The van der Waals surface area contributed by atoms with Crippen LogP contribution >= 0.6 is 0 Å². The molecular formula is C15H29NO4. The quantitative estimate of drug-likeness (QED) is 0.647. The summed E-state index contributed by atoms with van der Waals surface area (Å²) in [6.45, 7) is 10.4. The number of hydrogen-bond donors (Lipinski definition) is 2. The number of nitrogens with one attached hydrogen (secondary N) is 1. The van der Waals surface area contributed by atoms with Gasteiger partial charge in [0, 0.05) is 13.0 Å². The van der Waals surface area contributed by atoms with Gasteiger partial charge in [-0.05, 0) is 39.5 Å². The third-order valence-electron chi connectivity index (χ3n) is 3.19. The predicted molar refractivity (Wildman–Crippen MR) is 78.5 cm³/mol. The highest BCUT2D eigenvalue weighted by atomic mass is 16.5. The van der Waals surface area contributed by atoms with Crippen molar-refractivity contribution >= 4 is 11.9 Å². The van der Waals surface area contributed by atoms with E-state index in [0.717, 1.165) is 6.42 Å². The molecule has 0 rings (SSSR count). The lowest BCUT2D eigenvalue weighted by molar-refractivity contribution is -0.147. The van der Waals surface area contributed by atoms with Gasteiger partial charge in [-0.25, -0.2) is 0 Å². The zero-order valence-corrected chi connectivity index (χ0v) is 13.4. The number of amides is 1. The molecule has 0 saturated heterocycles. The Labute approximate surface area is 122 Å². The van der Waals surface area contributed by atoms with Crippen LogP contribution in [-0.4, -0.2) is 36.2 Å². The zero-order valence-electron chi connectivity index (χ0n) is 13.4. The van der Waals surface area contributed by atoms with Gasteiger partial charge in [-0.2, -0.15) is 0 Å². The van der Waals surface area contributed by atoms with E-state index in [4.69, 9.17) is 9.84 Å². The summed E-state index contributed by atoms with van der Waals surface area (Å²) in [5.74, 6) is -0.363. The van der Waals surface area contributed by atoms with Gasteiger partial charge in [0.1, 0.15) is 0 Å². The first kappa shape index (κ1) is 18.9. The van der Waals surface area contributed by atoms with Crippen molar-refractivity contribution in [1.29, 1.82) is 0 Å². The van der Waals surface area contributed by atoms with Crippen LogP contribution in [0.2, 0.25) is 0 Å². The van der Waals surface area contributed by atoms with Crippen molar-refractivity contribution in [2.45, 2.75) is 60.0 Å². The van der Waals surface area contributed by atoms with E-state index in [2.05, 4.69) is 19.2 Å². The maximum absolute atomic E-state index is 11.6. The van der Waals surface area contributed by atoms with E-state index >= 15 is 0 Å². The highest BCUT2D eigenvalue weighted by Crippen LogP contribution is 2.19. The molecule has 5 nitrogen and oxygen atoms in total. The molecule has 1 unspecified atom stereocenters. The highest BCUT2D eigenvalue weighted by molar-refractivity contribution is 5.76. The first-order valence-corrected chi connectivity index (χ1v) is 7.27. The van der Waals surface area contributed by atoms with Gasteiger partial charge >= 0.3 is 5.97 Å². The van der Waals surface area contributed by atoms with Crippen LogP contribution in [-0.2, 0) is 14.3 Å². The molecule has 0 bridgehead atoms. The molecule has 0 aromatic carbocycles. The van der Waals surface area contributed by atoms with Gasteiger partial charge in [0.05, 0.1) is 18.1 Å². The van der Waals surface area contributed by atoms with Gasteiger partial charge < -0.3 is 15.2 Å². The lowest BCUT2D eigenvalue weighted by atomic mass is 9.90. The fourth-order valence-electron chi connectivity index (χ4n) is 1.79. The lowest BCUT2D eigenvalue weighted by Crippen LogP contribution is -2.32. The van der Waals surface area contributed by atoms with Crippen LogP contribution in [0, 0.1) is 11.3 Å². The first-order chi connectivity index (χ1) is 9.15. The van der Waals surface area contributed by atoms with E-state index in [9.17, 15) is 9.59 Å². The third-order valence-corrected chi connectivity index (χ3v) is 3.19. The van der Waals surface area contributed by atoms with Gasteiger partial charge in [-0.1, -0.05) is 13.8 Å². The Balaban J connectivity index is 3.72. The minimum atomic E-state index is -0.849. The fourth-order valence-corrected chi connectivity index (χ4v) is 1.79. The number of carbonyl (C=O) groups excluding carboxylic acids is 1. The average Bonchev–Trinajstić information content (AvgIpc) is 2.27. The number of hydrogen-bond acceptors (Lipinski definition) is 3. The van der Waals surface area contributed by atoms with Gasteiger partial charge in [-0.3, -0.25) is 9.59 Å². The Morgan fingerprint density at radius 2 is 1.85 bits per heavy atom. The highest BCUT2D eigenvalue weighted by Gasteiger charge is 2.26. The standard InChI is InChI=1S/C15H29NO4/c1-11(2)10-12(3)20-9-6-13(17)16-8-7-15(4,5)14(18)19/h11-12H,6-10H2,1-5H3,(H,16,17)(H,18,19). The number of aliphatic carboxylic acids is 1. The molecule has 0 aliphatic rings. The Morgan fingerprint density at radius 3 is 2.35 bits per heavy atom. The summed E-state index contributed by atoms with van der Waals surface area (Å²) in [7, 11) is 0. The number of rotatable bonds is 10. The predicted octanol–water partition coefficient (Wildman–Crippen LogP) is 2.44. The van der Waals surface area contributed by atoms with E-state index in [1.54, 1.807) is 13.8 Å². The molecule has 0 radical (unpaired) electrons. The molecular weight excluding hydrogens is 258 g/mol. The number of carboxylic acids is 1. The number of carboxylic acid groups (broad SMARTS) is 1. The zero-order chi connectivity index (χ0) is 15.8. The Morgan fingerprint density at radius 1 is 1.25 bits per heavy atom. The van der Waals surface area contributed by atoms with Crippen molar-refractivity contribution in [1.82, 2.24) is 5.32 Å². The Bertz CT molecular complexity index is 313. The molecule has 20 heavy (non-hydrogen) atoms. The molecule has 118 valence electrons. The van der Waals surface area contributed by atoms with Crippen molar-refractivity contribution in [3.05, 3.63) is 0 Å². The monoisotopic (exact) mass is 287 g/mol. The summed E-state index contributed by atoms with van der Waals surface area (Å²) in [6.07, 6.45) is 1.87. The molecule has 0 heterocycles. The Kier molecular flexibility index (Phi) is 8.46. The molecule has 0 saturated carbocycles. The number of carbonyl (C=O) groups is 2. The van der Waals surface area contributed by atoms with E-state index in [1.807, 2.05) is 6.92 Å². The maximum atomic E-state index is 11.6. The van der Waals surface area contributed by atoms with E-state index < -0.39 is 11.4 Å². The van der Waals surface area contributed by atoms with Crippen LogP contribution in [0.1, 0.15) is 53.9 Å². The summed E-state index contributed by atoms with van der Waals surface area (Å²) >= 11 is 0.